The first-order valence-corrected chi connectivity index (χ1v) is 7.32. The van der Waals surface area contributed by atoms with Crippen molar-refractivity contribution in [2.24, 2.45) is 0 Å². The molecule has 1 atom stereocenters. The van der Waals surface area contributed by atoms with Crippen LogP contribution in [0.15, 0.2) is 29.2 Å². The molecule has 1 N–H and O–H groups in total. The van der Waals surface area contributed by atoms with E-state index in [0.717, 1.165) is 12.8 Å². The highest BCUT2D eigenvalue weighted by atomic mass is 32.2. The molecule has 5 heteroatoms. The van der Waals surface area contributed by atoms with Gasteiger partial charge in [0.05, 0.1) is 10.8 Å². The fourth-order valence-corrected chi connectivity index (χ4v) is 2.48. The highest BCUT2D eigenvalue weighted by Gasteiger charge is 2.13. The third-order valence-electron chi connectivity index (χ3n) is 2.69. The molecule has 0 aliphatic carbocycles. The molecular formula is C13H18FNO2S. The molecule has 1 amide bonds. The van der Waals surface area contributed by atoms with Gasteiger partial charge in [0.15, 0.2) is 0 Å². The maximum Gasteiger partial charge on any atom is 0.233 e. The smallest absolute Gasteiger partial charge is 0.233 e. The van der Waals surface area contributed by atoms with E-state index in [1.807, 2.05) is 13.8 Å². The van der Waals surface area contributed by atoms with Crippen molar-refractivity contribution in [3.05, 3.63) is 30.1 Å². The molecule has 1 aromatic carbocycles. The Labute approximate surface area is 109 Å². The molecule has 0 heterocycles. The normalized spacial score (nSPS) is 12.4. The molecule has 0 spiro atoms. The minimum atomic E-state index is -1.42. The Morgan fingerprint density at radius 1 is 1.28 bits per heavy atom. The number of carbonyl (C=O) groups excluding carboxylic acids is 1. The molecule has 0 fully saturated rings. The van der Waals surface area contributed by atoms with E-state index in [-0.39, 0.29) is 23.5 Å². The lowest BCUT2D eigenvalue weighted by atomic mass is 10.2. The Balaban J connectivity index is 2.54. The van der Waals surface area contributed by atoms with Crippen molar-refractivity contribution < 1.29 is 13.4 Å². The van der Waals surface area contributed by atoms with E-state index in [4.69, 9.17) is 0 Å². The van der Waals surface area contributed by atoms with Crippen molar-refractivity contribution in [3.63, 3.8) is 0 Å². The van der Waals surface area contributed by atoms with Crippen molar-refractivity contribution in [1.82, 2.24) is 5.32 Å². The average Bonchev–Trinajstić information content (AvgIpc) is 2.36. The second-order valence-corrected chi connectivity index (χ2v) is 5.48. The number of hydrogen-bond donors (Lipinski definition) is 1. The minimum absolute atomic E-state index is 0.0812. The SMILES string of the molecule is CCC(CC)NC(=O)CS(=O)c1ccc(F)cc1. The lowest BCUT2D eigenvalue weighted by Gasteiger charge is -2.14. The number of amides is 1. The zero-order valence-corrected chi connectivity index (χ0v) is 11.4. The Morgan fingerprint density at radius 3 is 2.33 bits per heavy atom. The van der Waals surface area contributed by atoms with Crippen LogP contribution in [0.4, 0.5) is 4.39 Å². The van der Waals surface area contributed by atoms with E-state index in [1.54, 1.807) is 0 Å². The number of nitrogens with one attached hydrogen (secondary N) is 1. The highest BCUT2D eigenvalue weighted by molar-refractivity contribution is 7.85. The molecule has 1 aromatic rings. The first kappa shape index (κ1) is 14.8. The van der Waals surface area contributed by atoms with Gasteiger partial charge in [-0.1, -0.05) is 13.8 Å². The summed E-state index contributed by atoms with van der Waals surface area (Å²) < 4.78 is 24.6. The first-order valence-electron chi connectivity index (χ1n) is 6.00. The topological polar surface area (TPSA) is 46.2 Å². The quantitative estimate of drug-likeness (QED) is 0.862. The molecule has 0 bridgehead atoms. The minimum Gasteiger partial charge on any atom is -0.353 e. The van der Waals surface area contributed by atoms with Crippen LogP contribution in [0.25, 0.3) is 0 Å². The first-order chi connectivity index (χ1) is 8.56. The van der Waals surface area contributed by atoms with Gasteiger partial charge in [-0.05, 0) is 37.1 Å². The molecule has 0 aromatic heterocycles. The van der Waals surface area contributed by atoms with Gasteiger partial charge in [0.25, 0.3) is 0 Å². The van der Waals surface area contributed by atoms with Crippen molar-refractivity contribution in [2.75, 3.05) is 5.75 Å². The van der Waals surface area contributed by atoms with Crippen LogP contribution >= 0.6 is 0 Å². The maximum atomic E-state index is 12.7. The third kappa shape index (κ3) is 4.56. The fraction of sp³-hybridized carbons (Fsp3) is 0.462. The van der Waals surface area contributed by atoms with Gasteiger partial charge in [-0.25, -0.2) is 4.39 Å². The Hall–Kier alpha value is -1.23. The molecule has 3 nitrogen and oxygen atoms in total. The van der Waals surface area contributed by atoms with Crippen LogP contribution in [-0.4, -0.2) is 21.9 Å². The molecule has 1 rings (SSSR count). The van der Waals surface area contributed by atoms with Crippen LogP contribution in [0.3, 0.4) is 0 Å². The molecular weight excluding hydrogens is 253 g/mol. The summed E-state index contributed by atoms with van der Waals surface area (Å²) in [4.78, 5) is 12.1. The Morgan fingerprint density at radius 2 is 1.83 bits per heavy atom. The Bertz CT molecular complexity index is 416. The summed E-state index contributed by atoms with van der Waals surface area (Å²) in [6.07, 6.45) is 1.71. The van der Waals surface area contributed by atoms with Gasteiger partial charge in [-0.2, -0.15) is 0 Å². The molecule has 0 radical (unpaired) electrons. The van der Waals surface area contributed by atoms with Crippen LogP contribution in [0, 0.1) is 5.82 Å². The summed E-state index contributed by atoms with van der Waals surface area (Å²) in [5, 5.41) is 2.82. The summed E-state index contributed by atoms with van der Waals surface area (Å²) in [5.74, 6) is -0.689. The van der Waals surface area contributed by atoms with Gasteiger partial charge in [-0.15, -0.1) is 0 Å². The van der Waals surface area contributed by atoms with Crippen molar-refractivity contribution >= 4 is 16.7 Å². The van der Waals surface area contributed by atoms with Gasteiger partial charge in [0.2, 0.25) is 5.91 Å². The summed E-state index contributed by atoms with van der Waals surface area (Å²) in [6, 6.07) is 5.49. The largest absolute Gasteiger partial charge is 0.353 e. The van der Waals surface area contributed by atoms with E-state index >= 15 is 0 Å². The van der Waals surface area contributed by atoms with Crippen molar-refractivity contribution in [1.29, 1.82) is 0 Å². The number of halogens is 1. The molecule has 0 aliphatic rings. The van der Waals surface area contributed by atoms with Gasteiger partial charge in [0, 0.05) is 10.9 Å². The highest BCUT2D eigenvalue weighted by Crippen LogP contribution is 2.08. The van der Waals surface area contributed by atoms with E-state index in [1.165, 1.54) is 24.3 Å². The second kappa shape index (κ2) is 7.26. The monoisotopic (exact) mass is 271 g/mol. The maximum absolute atomic E-state index is 12.7. The fourth-order valence-electron chi connectivity index (χ4n) is 1.55. The van der Waals surface area contributed by atoms with Crippen LogP contribution in [0.1, 0.15) is 26.7 Å². The van der Waals surface area contributed by atoms with E-state index < -0.39 is 10.8 Å². The number of benzene rings is 1. The second-order valence-electron chi connectivity index (χ2n) is 4.02. The summed E-state index contributed by atoms with van der Waals surface area (Å²) in [5.41, 5.74) is 0. The zero-order chi connectivity index (χ0) is 13.5. The number of hydrogen-bond acceptors (Lipinski definition) is 2. The summed E-state index contributed by atoms with van der Waals surface area (Å²) >= 11 is 0. The average molecular weight is 271 g/mol. The zero-order valence-electron chi connectivity index (χ0n) is 10.6. The molecule has 0 saturated carbocycles. The number of carbonyl (C=O) groups is 1. The third-order valence-corrected chi connectivity index (χ3v) is 4.01. The standard InChI is InChI=1S/C13H18FNO2S/c1-3-11(4-2)15-13(16)9-18(17)12-7-5-10(14)6-8-12/h5-8,11H,3-4,9H2,1-2H3,(H,15,16). The lowest BCUT2D eigenvalue weighted by Crippen LogP contribution is -2.36. The van der Waals surface area contributed by atoms with Crippen LogP contribution < -0.4 is 5.32 Å². The molecule has 18 heavy (non-hydrogen) atoms. The molecule has 0 aliphatic heterocycles. The summed E-state index contributed by atoms with van der Waals surface area (Å²) in [7, 11) is -1.42. The van der Waals surface area contributed by atoms with Gasteiger partial charge < -0.3 is 5.32 Å². The van der Waals surface area contributed by atoms with E-state index in [9.17, 15) is 13.4 Å². The van der Waals surface area contributed by atoms with E-state index in [2.05, 4.69) is 5.32 Å². The number of rotatable bonds is 6. The van der Waals surface area contributed by atoms with Gasteiger partial charge >= 0.3 is 0 Å². The lowest BCUT2D eigenvalue weighted by molar-refractivity contribution is -0.119. The van der Waals surface area contributed by atoms with E-state index in [0.29, 0.717) is 4.90 Å². The van der Waals surface area contributed by atoms with Crippen LogP contribution in [-0.2, 0) is 15.6 Å². The molecule has 0 saturated heterocycles. The summed E-state index contributed by atoms with van der Waals surface area (Å²) in [6.45, 7) is 3.98. The van der Waals surface area contributed by atoms with Crippen LogP contribution in [0.2, 0.25) is 0 Å². The predicted octanol–water partition coefficient (Wildman–Crippen LogP) is 2.24. The predicted molar refractivity (Wildman–Crippen MR) is 70.2 cm³/mol. The molecule has 100 valence electrons. The van der Waals surface area contributed by atoms with Gasteiger partial charge in [-0.3, -0.25) is 9.00 Å². The van der Waals surface area contributed by atoms with Crippen molar-refractivity contribution in [3.8, 4) is 0 Å². The van der Waals surface area contributed by atoms with Crippen LogP contribution in [0.5, 0.6) is 0 Å². The Kier molecular flexibility index (Phi) is 5.98. The molecule has 1 unspecified atom stereocenters. The van der Waals surface area contributed by atoms with Crippen molar-refractivity contribution in [2.45, 2.75) is 37.6 Å². The van der Waals surface area contributed by atoms with Gasteiger partial charge in [0.1, 0.15) is 11.6 Å².